The van der Waals surface area contributed by atoms with Gasteiger partial charge in [-0.05, 0) is 28.1 Å². The van der Waals surface area contributed by atoms with Gasteiger partial charge in [0.2, 0.25) is 0 Å². The predicted octanol–water partition coefficient (Wildman–Crippen LogP) is 2.19. The van der Waals surface area contributed by atoms with Crippen LogP contribution in [0.25, 0.3) is 0 Å². The molecule has 1 aromatic rings. The summed E-state index contributed by atoms with van der Waals surface area (Å²) >= 11 is 3.11. The van der Waals surface area contributed by atoms with E-state index in [0.717, 1.165) is 0 Å². The molecule has 0 bridgehead atoms. The second-order valence-corrected chi connectivity index (χ2v) is 5.18. The minimum absolute atomic E-state index is 0. The average Bonchev–Trinajstić information content (AvgIpc) is 1.86. The molecular weight excluding hydrogens is 289 g/mol. The van der Waals surface area contributed by atoms with Gasteiger partial charge >= 0.3 is 0 Å². The Morgan fingerprint density at radius 3 is 2.33 bits per heavy atom. The maximum absolute atomic E-state index is 10.6. The van der Waals surface area contributed by atoms with Crippen molar-refractivity contribution in [3.05, 3.63) is 22.8 Å². The molecule has 1 rings (SSSR count). The minimum atomic E-state index is -3.68. The van der Waals surface area contributed by atoms with Crippen LogP contribution in [0.1, 0.15) is 0 Å². The number of rotatable bonds is 1. The number of aromatic nitrogens is 1. The van der Waals surface area contributed by atoms with Gasteiger partial charge in [-0.2, -0.15) is 0 Å². The quantitative estimate of drug-likeness (QED) is 0.746. The van der Waals surface area contributed by atoms with Gasteiger partial charge < -0.3 is 0 Å². The van der Waals surface area contributed by atoms with Gasteiger partial charge in [0.15, 0.2) is 5.03 Å². The smallest absolute Gasteiger partial charge is 0.242 e. The van der Waals surface area contributed by atoms with Crippen molar-refractivity contribution < 1.29 is 8.42 Å². The third-order valence-electron chi connectivity index (χ3n) is 0.950. The van der Waals surface area contributed by atoms with E-state index in [9.17, 15) is 8.42 Å². The fourth-order valence-corrected chi connectivity index (χ4v) is 1.42. The molecule has 0 aliphatic carbocycles. The van der Waals surface area contributed by atoms with Crippen molar-refractivity contribution in [2.75, 3.05) is 0 Å². The standard InChI is InChI=1S/C5H3BrClNO2S.ClH/c6-4-1-2-5(8-3-4)11(7,9)10;/h1-3H;1H. The maximum Gasteiger partial charge on any atom is 0.278 e. The number of nitrogens with zero attached hydrogens (tertiary/aromatic N) is 1. The Balaban J connectivity index is 0.00000121. The lowest BCUT2D eigenvalue weighted by molar-refractivity contribution is 0.606. The van der Waals surface area contributed by atoms with E-state index in [2.05, 4.69) is 20.9 Å². The molecule has 68 valence electrons. The van der Waals surface area contributed by atoms with Gasteiger partial charge in [-0.3, -0.25) is 0 Å². The lowest BCUT2D eigenvalue weighted by atomic mass is 10.5. The van der Waals surface area contributed by atoms with Crippen LogP contribution in [0.15, 0.2) is 27.8 Å². The van der Waals surface area contributed by atoms with E-state index in [1.54, 1.807) is 6.07 Å². The van der Waals surface area contributed by atoms with Gasteiger partial charge in [0.1, 0.15) is 0 Å². The summed E-state index contributed by atoms with van der Waals surface area (Å²) in [5.41, 5.74) is 0. The topological polar surface area (TPSA) is 47.0 Å². The summed E-state index contributed by atoms with van der Waals surface area (Å²) in [6, 6.07) is 2.88. The molecule has 0 fully saturated rings. The Hall–Kier alpha value is 0.160. The van der Waals surface area contributed by atoms with Gasteiger partial charge in [-0.25, -0.2) is 13.4 Å². The summed E-state index contributed by atoms with van der Waals surface area (Å²) in [7, 11) is 1.33. The largest absolute Gasteiger partial charge is 0.278 e. The van der Waals surface area contributed by atoms with E-state index in [1.807, 2.05) is 0 Å². The summed E-state index contributed by atoms with van der Waals surface area (Å²) < 4.78 is 22.0. The summed E-state index contributed by atoms with van der Waals surface area (Å²) in [5, 5.41) is -0.137. The zero-order chi connectivity index (χ0) is 8.48. The van der Waals surface area contributed by atoms with Crippen molar-refractivity contribution in [2.24, 2.45) is 0 Å². The van der Waals surface area contributed by atoms with Crippen LogP contribution in [-0.4, -0.2) is 13.4 Å². The highest BCUT2D eigenvalue weighted by atomic mass is 79.9. The Morgan fingerprint density at radius 2 is 2.00 bits per heavy atom. The van der Waals surface area contributed by atoms with E-state index in [-0.39, 0.29) is 17.4 Å². The third kappa shape index (κ3) is 3.26. The molecule has 0 unspecified atom stereocenters. The summed E-state index contributed by atoms with van der Waals surface area (Å²) in [5.74, 6) is 0. The van der Waals surface area contributed by atoms with E-state index >= 15 is 0 Å². The second-order valence-electron chi connectivity index (χ2n) is 1.75. The Bertz CT molecular complexity index is 350. The average molecular weight is 293 g/mol. The first kappa shape index (κ1) is 12.2. The van der Waals surface area contributed by atoms with Crippen LogP contribution >= 0.6 is 39.0 Å². The highest BCUT2D eigenvalue weighted by Crippen LogP contribution is 2.14. The lowest BCUT2D eigenvalue weighted by Crippen LogP contribution is -1.93. The molecule has 0 saturated carbocycles. The Morgan fingerprint density at radius 1 is 1.42 bits per heavy atom. The van der Waals surface area contributed by atoms with Crippen LogP contribution < -0.4 is 0 Å². The van der Waals surface area contributed by atoms with Crippen molar-refractivity contribution in [2.45, 2.75) is 5.03 Å². The zero-order valence-corrected chi connectivity index (χ0v) is 9.54. The first-order valence-electron chi connectivity index (χ1n) is 2.56. The fourth-order valence-electron chi connectivity index (χ4n) is 0.506. The van der Waals surface area contributed by atoms with Crippen molar-refractivity contribution >= 4 is 48.1 Å². The number of hydrogen-bond acceptors (Lipinski definition) is 3. The highest BCUT2D eigenvalue weighted by Gasteiger charge is 2.09. The molecule has 12 heavy (non-hydrogen) atoms. The summed E-state index contributed by atoms with van der Waals surface area (Å²) in [4.78, 5) is 3.58. The molecule has 0 saturated heterocycles. The van der Waals surface area contributed by atoms with Crippen LogP contribution in [0.2, 0.25) is 0 Å². The van der Waals surface area contributed by atoms with Crippen molar-refractivity contribution in [3.63, 3.8) is 0 Å². The molecule has 0 amide bonds. The Labute approximate surface area is 89.1 Å². The van der Waals surface area contributed by atoms with E-state index in [1.165, 1.54) is 12.3 Å². The van der Waals surface area contributed by atoms with Crippen LogP contribution in [-0.2, 0) is 9.05 Å². The van der Waals surface area contributed by atoms with Gasteiger partial charge in [-0.15, -0.1) is 12.4 Å². The molecule has 1 heterocycles. The molecule has 0 radical (unpaired) electrons. The molecule has 0 N–H and O–H groups in total. The second kappa shape index (κ2) is 4.41. The molecule has 0 spiro atoms. The van der Waals surface area contributed by atoms with Crippen LogP contribution in [0, 0.1) is 0 Å². The number of pyridine rings is 1. The highest BCUT2D eigenvalue weighted by molar-refractivity contribution is 9.10. The third-order valence-corrected chi connectivity index (χ3v) is 2.63. The molecule has 0 aliphatic rings. The fraction of sp³-hybridized carbons (Fsp3) is 0. The van der Waals surface area contributed by atoms with Crippen LogP contribution in [0.3, 0.4) is 0 Å². The normalized spacial score (nSPS) is 10.5. The van der Waals surface area contributed by atoms with Gasteiger partial charge in [-0.1, -0.05) is 0 Å². The lowest BCUT2D eigenvalue weighted by Gasteiger charge is -1.92. The number of hydrogen-bond donors (Lipinski definition) is 0. The van der Waals surface area contributed by atoms with Gasteiger partial charge in [0, 0.05) is 21.4 Å². The molecule has 0 aliphatic heterocycles. The summed E-state index contributed by atoms with van der Waals surface area (Å²) in [6.45, 7) is 0. The van der Waals surface area contributed by atoms with Crippen LogP contribution in [0.5, 0.6) is 0 Å². The van der Waals surface area contributed by atoms with E-state index in [4.69, 9.17) is 10.7 Å². The first-order valence-corrected chi connectivity index (χ1v) is 5.66. The molecule has 1 aromatic heterocycles. The van der Waals surface area contributed by atoms with Gasteiger partial charge in [0.05, 0.1) is 0 Å². The van der Waals surface area contributed by atoms with Crippen molar-refractivity contribution in [3.8, 4) is 0 Å². The summed E-state index contributed by atoms with van der Waals surface area (Å²) in [6.07, 6.45) is 1.37. The maximum atomic E-state index is 10.6. The van der Waals surface area contributed by atoms with Crippen molar-refractivity contribution in [1.82, 2.24) is 4.98 Å². The minimum Gasteiger partial charge on any atom is -0.242 e. The molecule has 3 nitrogen and oxygen atoms in total. The van der Waals surface area contributed by atoms with Crippen molar-refractivity contribution in [1.29, 1.82) is 0 Å². The number of halogens is 3. The molecular formula is C5H4BrCl2NO2S. The molecule has 7 heteroatoms. The molecule has 0 atom stereocenters. The predicted molar refractivity (Wildman–Crippen MR) is 52.2 cm³/mol. The van der Waals surface area contributed by atoms with Gasteiger partial charge in [0.25, 0.3) is 9.05 Å². The molecule has 0 aromatic carbocycles. The zero-order valence-electron chi connectivity index (χ0n) is 5.57. The Kier molecular flexibility index (Phi) is 4.47. The monoisotopic (exact) mass is 291 g/mol. The first-order chi connectivity index (χ1) is 5.00. The van der Waals surface area contributed by atoms with Crippen LogP contribution in [0.4, 0.5) is 0 Å². The van der Waals surface area contributed by atoms with E-state index in [0.29, 0.717) is 4.47 Å². The SMILES string of the molecule is Cl.O=S(=O)(Cl)c1ccc(Br)cn1. The van der Waals surface area contributed by atoms with E-state index < -0.39 is 9.05 Å².